The summed E-state index contributed by atoms with van der Waals surface area (Å²) in [5, 5.41) is 0. The fraction of sp³-hybridized carbons (Fsp3) is 0.278. The molecular formula is C18H21NO2. The zero-order valence-electron chi connectivity index (χ0n) is 12.3. The number of esters is 1. The van der Waals surface area contributed by atoms with Crippen molar-refractivity contribution in [2.24, 2.45) is 5.92 Å². The smallest absolute Gasteiger partial charge is 0.314 e. The normalized spacial score (nSPS) is 11.9. The van der Waals surface area contributed by atoms with Crippen LogP contribution in [0.25, 0.3) is 0 Å². The lowest BCUT2D eigenvalue weighted by Crippen LogP contribution is -2.22. The summed E-state index contributed by atoms with van der Waals surface area (Å²) in [6, 6.07) is 16.9. The molecule has 0 saturated carbocycles. The number of hydrogen-bond acceptors (Lipinski definition) is 3. The number of anilines is 1. The Morgan fingerprint density at radius 3 is 2.57 bits per heavy atom. The quantitative estimate of drug-likeness (QED) is 0.498. The number of hydrogen-bond donors (Lipinski definition) is 1. The van der Waals surface area contributed by atoms with Gasteiger partial charge in [-0.25, -0.2) is 0 Å². The SMILES string of the molecule is CCCC(Cc1cccc(N)c1)C(=O)Oc1ccccc1. The highest BCUT2D eigenvalue weighted by Gasteiger charge is 2.20. The van der Waals surface area contributed by atoms with E-state index in [9.17, 15) is 4.79 Å². The van der Waals surface area contributed by atoms with Gasteiger partial charge < -0.3 is 10.5 Å². The minimum atomic E-state index is -0.175. The van der Waals surface area contributed by atoms with Crippen LogP contribution in [0.5, 0.6) is 5.75 Å². The molecule has 2 N–H and O–H groups in total. The molecule has 0 saturated heterocycles. The van der Waals surface area contributed by atoms with E-state index in [0.29, 0.717) is 12.2 Å². The first-order chi connectivity index (χ1) is 10.2. The minimum Gasteiger partial charge on any atom is -0.426 e. The van der Waals surface area contributed by atoms with E-state index in [4.69, 9.17) is 10.5 Å². The van der Waals surface area contributed by atoms with E-state index in [1.54, 1.807) is 12.1 Å². The summed E-state index contributed by atoms with van der Waals surface area (Å²) in [6.07, 6.45) is 2.40. The second-order valence-corrected chi connectivity index (χ2v) is 5.17. The van der Waals surface area contributed by atoms with Crippen molar-refractivity contribution < 1.29 is 9.53 Å². The number of carbonyl (C=O) groups excluding carboxylic acids is 1. The molecule has 1 atom stereocenters. The van der Waals surface area contributed by atoms with Crippen molar-refractivity contribution in [2.45, 2.75) is 26.2 Å². The van der Waals surface area contributed by atoms with Crippen LogP contribution in [0.1, 0.15) is 25.3 Å². The van der Waals surface area contributed by atoms with Crippen LogP contribution in [0.4, 0.5) is 5.69 Å². The summed E-state index contributed by atoms with van der Waals surface area (Å²) in [5.74, 6) is 0.277. The number of carbonyl (C=O) groups is 1. The van der Waals surface area contributed by atoms with Crippen LogP contribution in [0, 0.1) is 5.92 Å². The van der Waals surface area contributed by atoms with Gasteiger partial charge in [-0.1, -0.05) is 43.7 Å². The molecule has 0 heterocycles. The van der Waals surface area contributed by atoms with Crippen molar-refractivity contribution in [3.8, 4) is 5.75 Å². The summed E-state index contributed by atoms with van der Waals surface area (Å²) in [7, 11) is 0. The van der Waals surface area contributed by atoms with E-state index >= 15 is 0 Å². The molecule has 0 aliphatic carbocycles. The first kappa shape index (κ1) is 15.1. The van der Waals surface area contributed by atoms with Gasteiger partial charge in [0.25, 0.3) is 0 Å². The van der Waals surface area contributed by atoms with Crippen molar-refractivity contribution in [3.05, 3.63) is 60.2 Å². The maximum Gasteiger partial charge on any atom is 0.314 e. The Kier molecular flexibility index (Phi) is 5.38. The van der Waals surface area contributed by atoms with Gasteiger partial charge in [-0.3, -0.25) is 4.79 Å². The molecule has 2 aromatic rings. The van der Waals surface area contributed by atoms with Gasteiger partial charge in [0.2, 0.25) is 0 Å². The van der Waals surface area contributed by atoms with Crippen molar-refractivity contribution in [1.82, 2.24) is 0 Å². The molecule has 0 aliphatic heterocycles. The van der Waals surface area contributed by atoms with Crippen LogP contribution < -0.4 is 10.5 Å². The minimum absolute atomic E-state index is 0.142. The average Bonchev–Trinajstić information content (AvgIpc) is 2.48. The third-order valence-corrected chi connectivity index (χ3v) is 3.37. The standard InChI is InChI=1S/C18H21NO2/c1-2-7-15(12-14-8-6-9-16(19)13-14)18(20)21-17-10-4-3-5-11-17/h3-6,8-11,13,15H,2,7,12,19H2,1H3. The molecule has 0 aliphatic rings. The Morgan fingerprint density at radius 1 is 1.14 bits per heavy atom. The zero-order valence-corrected chi connectivity index (χ0v) is 12.3. The highest BCUT2D eigenvalue weighted by molar-refractivity contribution is 5.75. The van der Waals surface area contributed by atoms with Crippen LogP contribution in [-0.4, -0.2) is 5.97 Å². The van der Waals surface area contributed by atoms with Gasteiger partial charge in [-0.05, 0) is 42.7 Å². The van der Waals surface area contributed by atoms with Gasteiger partial charge >= 0.3 is 5.97 Å². The van der Waals surface area contributed by atoms with Crippen LogP contribution >= 0.6 is 0 Å². The first-order valence-corrected chi connectivity index (χ1v) is 7.30. The molecule has 0 bridgehead atoms. The highest BCUT2D eigenvalue weighted by Crippen LogP contribution is 2.19. The molecule has 0 radical (unpaired) electrons. The largest absolute Gasteiger partial charge is 0.426 e. The molecule has 2 rings (SSSR count). The number of ether oxygens (including phenoxy) is 1. The fourth-order valence-electron chi connectivity index (χ4n) is 2.34. The second kappa shape index (κ2) is 7.48. The average molecular weight is 283 g/mol. The molecule has 3 heteroatoms. The maximum atomic E-state index is 12.3. The molecule has 0 fully saturated rings. The number of para-hydroxylation sites is 1. The lowest BCUT2D eigenvalue weighted by Gasteiger charge is -2.15. The van der Waals surface area contributed by atoms with E-state index in [2.05, 4.69) is 6.92 Å². The molecule has 1 unspecified atom stereocenters. The van der Waals surface area contributed by atoms with E-state index < -0.39 is 0 Å². The van der Waals surface area contributed by atoms with Crippen LogP contribution in [0.2, 0.25) is 0 Å². The summed E-state index contributed by atoms with van der Waals surface area (Å²) >= 11 is 0. The predicted octanol–water partition coefficient (Wildman–Crippen LogP) is 3.83. The third-order valence-electron chi connectivity index (χ3n) is 3.37. The molecule has 2 aromatic carbocycles. The molecular weight excluding hydrogens is 262 g/mol. The third kappa shape index (κ3) is 4.63. The monoisotopic (exact) mass is 283 g/mol. The molecule has 0 aromatic heterocycles. The maximum absolute atomic E-state index is 12.3. The van der Waals surface area contributed by atoms with E-state index in [1.165, 1.54) is 0 Å². The second-order valence-electron chi connectivity index (χ2n) is 5.17. The van der Waals surface area contributed by atoms with Crippen molar-refractivity contribution in [2.75, 3.05) is 5.73 Å². The lowest BCUT2D eigenvalue weighted by molar-refractivity contribution is -0.139. The topological polar surface area (TPSA) is 52.3 Å². The number of nitrogen functional groups attached to an aromatic ring is 1. The van der Waals surface area contributed by atoms with Crippen molar-refractivity contribution >= 4 is 11.7 Å². The number of benzene rings is 2. The van der Waals surface area contributed by atoms with Gasteiger partial charge in [0.15, 0.2) is 0 Å². The van der Waals surface area contributed by atoms with Crippen LogP contribution in [0.15, 0.2) is 54.6 Å². The Labute approximate surface area is 125 Å². The summed E-state index contributed by atoms with van der Waals surface area (Å²) < 4.78 is 5.46. The highest BCUT2D eigenvalue weighted by atomic mass is 16.5. The van der Waals surface area contributed by atoms with Gasteiger partial charge in [0.05, 0.1) is 5.92 Å². The van der Waals surface area contributed by atoms with Crippen LogP contribution in [-0.2, 0) is 11.2 Å². The van der Waals surface area contributed by atoms with E-state index in [-0.39, 0.29) is 11.9 Å². The Balaban J connectivity index is 2.05. The summed E-state index contributed by atoms with van der Waals surface area (Å²) in [6.45, 7) is 2.07. The first-order valence-electron chi connectivity index (χ1n) is 7.30. The Bertz CT molecular complexity index is 581. The van der Waals surface area contributed by atoms with Crippen molar-refractivity contribution in [1.29, 1.82) is 0 Å². The van der Waals surface area contributed by atoms with Crippen molar-refractivity contribution in [3.63, 3.8) is 0 Å². The molecule has 0 amide bonds. The van der Waals surface area contributed by atoms with Gasteiger partial charge in [-0.2, -0.15) is 0 Å². The summed E-state index contributed by atoms with van der Waals surface area (Å²) in [5.41, 5.74) is 7.58. The molecule has 3 nitrogen and oxygen atoms in total. The fourth-order valence-corrected chi connectivity index (χ4v) is 2.34. The van der Waals surface area contributed by atoms with Gasteiger partial charge in [0.1, 0.15) is 5.75 Å². The predicted molar refractivity (Wildman–Crippen MR) is 85.0 cm³/mol. The van der Waals surface area contributed by atoms with Gasteiger partial charge in [-0.15, -0.1) is 0 Å². The summed E-state index contributed by atoms with van der Waals surface area (Å²) in [4.78, 5) is 12.3. The van der Waals surface area contributed by atoms with E-state index in [1.807, 2.05) is 42.5 Å². The number of rotatable bonds is 6. The molecule has 21 heavy (non-hydrogen) atoms. The molecule has 0 spiro atoms. The van der Waals surface area contributed by atoms with Gasteiger partial charge in [0, 0.05) is 5.69 Å². The Morgan fingerprint density at radius 2 is 1.90 bits per heavy atom. The molecule has 110 valence electrons. The van der Waals surface area contributed by atoms with Crippen LogP contribution in [0.3, 0.4) is 0 Å². The van der Waals surface area contributed by atoms with E-state index in [0.717, 1.165) is 24.1 Å². The lowest BCUT2D eigenvalue weighted by atomic mass is 9.95. The Hall–Kier alpha value is -2.29. The number of nitrogens with two attached hydrogens (primary N) is 1. The zero-order chi connectivity index (χ0) is 15.1.